The van der Waals surface area contributed by atoms with Gasteiger partial charge < -0.3 is 4.74 Å². The largest absolute Gasteiger partial charge is 0.489 e. The van der Waals surface area contributed by atoms with Crippen LogP contribution in [-0.2, 0) is 0 Å². The van der Waals surface area contributed by atoms with Crippen LogP contribution in [0.25, 0.3) is 38.9 Å². The van der Waals surface area contributed by atoms with Crippen LogP contribution in [-0.4, -0.2) is 30.7 Å². The van der Waals surface area contributed by atoms with Gasteiger partial charge in [0.1, 0.15) is 5.75 Å². The molecule has 0 bridgehead atoms. The van der Waals surface area contributed by atoms with Crippen molar-refractivity contribution >= 4 is 16.6 Å². The molecule has 6 rings (SSSR count). The van der Waals surface area contributed by atoms with Crippen molar-refractivity contribution in [2.75, 3.05) is 0 Å². The number of ether oxygens (including phenoxy) is 1. The lowest BCUT2D eigenvalue weighted by atomic mass is 10.0. The summed E-state index contributed by atoms with van der Waals surface area (Å²) >= 11 is 0. The summed E-state index contributed by atoms with van der Waals surface area (Å²) in [6, 6.07) is 13.5. The molecule has 4 heterocycles. The van der Waals surface area contributed by atoms with E-state index in [9.17, 15) is 0 Å². The quantitative estimate of drug-likeness (QED) is 0.402. The maximum Gasteiger partial charge on any atom is 0.162 e. The minimum Gasteiger partial charge on any atom is -0.489 e. The highest BCUT2D eigenvalue weighted by Crippen LogP contribution is 2.31. The standard InChI is InChI=1S/C25H21N5O/c1-2-6-18(5-1)31-19-10-11-23(27-14-19)17-13-28-25-22(15-29-30(25)16-17)20-7-3-9-24-21(20)8-4-12-26-24/h3-4,7-16,18H,1-2,5-6H2/i12D. The smallest absolute Gasteiger partial charge is 0.162 e. The normalized spacial score (nSPS) is 14.9. The Morgan fingerprint density at radius 3 is 2.71 bits per heavy atom. The van der Waals surface area contributed by atoms with Gasteiger partial charge in [-0.2, -0.15) is 5.10 Å². The monoisotopic (exact) mass is 408 g/mol. The fraction of sp³-hybridized carbons (Fsp3) is 0.200. The number of pyridine rings is 2. The number of fused-ring (bicyclic) bond motifs is 2. The van der Waals surface area contributed by atoms with Crippen molar-refractivity contribution in [2.24, 2.45) is 0 Å². The summed E-state index contributed by atoms with van der Waals surface area (Å²) in [5.41, 5.74) is 5.18. The van der Waals surface area contributed by atoms with E-state index < -0.39 is 0 Å². The Hall–Kier alpha value is -3.80. The molecule has 0 aliphatic heterocycles. The van der Waals surface area contributed by atoms with Crippen molar-refractivity contribution in [3.8, 4) is 28.1 Å². The minimum absolute atomic E-state index is 0.254. The van der Waals surface area contributed by atoms with E-state index in [1.54, 1.807) is 16.8 Å². The highest BCUT2D eigenvalue weighted by Gasteiger charge is 2.17. The molecule has 1 aliphatic rings. The molecule has 0 amide bonds. The van der Waals surface area contributed by atoms with Crippen molar-refractivity contribution in [3.05, 3.63) is 73.4 Å². The maximum atomic E-state index is 7.77. The first-order chi connectivity index (χ1) is 15.7. The third-order valence-corrected chi connectivity index (χ3v) is 5.88. The van der Waals surface area contributed by atoms with Crippen LogP contribution in [0.3, 0.4) is 0 Å². The second-order valence-electron chi connectivity index (χ2n) is 7.89. The molecule has 0 radical (unpaired) electrons. The van der Waals surface area contributed by atoms with Gasteiger partial charge in [0.15, 0.2) is 5.65 Å². The van der Waals surface area contributed by atoms with E-state index in [0.717, 1.165) is 57.5 Å². The number of benzene rings is 1. The number of nitrogens with zero attached hydrogens (tertiary/aromatic N) is 5. The van der Waals surface area contributed by atoms with Crippen molar-refractivity contribution in [1.29, 1.82) is 0 Å². The molecular formula is C25H21N5O. The van der Waals surface area contributed by atoms with Gasteiger partial charge in [0, 0.05) is 35.1 Å². The molecule has 1 aromatic carbocycles. The highest BCUT2D eigenvalue weighted by atomic mass is 16.5. The summed E-state index contributed by atoms with van der Waals surface area (Å²) in [4.78, 5) is 13.6. The zero-order valence-corrected chi connectivity index (χ0v) is 16.9. The van der Waals surface area contributed by atoms with Crippen molar-refractivity contribution < 1.29 is 6.11 Å². The Labute approximate surface area is 181 Å². The molecule has 0 spiro atoms. The predicted molar refractivity (Wildman–Crippen MR) is 120 cm³/mol. The van der Waals surface area contributed by atoms with Crippen LogP contribution in [0, 0.1) is 0 Å². The van der Waals surface area contributed by atoms with Crippen molar-refractivity contribution in [3.63, 3.8) is 0 Å². The lowest BCUT2D eigenvalue weighted by Gasteiger charge is -2.12. The maximum absolute atomic E-state index is 7.77. The van der Waals surface area contributed by atoms with E-state index in [1.807, 2.05) is 55.0 Å². The first-order valence-electron chi connectivity index (χ1n) is 11.1. The van der Waals surface area contributed by atoms with Crippen LogP contribution in [0.5, 0.6) is 5.75 Å². The summed E-state index contributed by atoms with van der Waals surface area (Å²) < 4.78 is 15.6. The molecule has 31 heavy (non-hydrogen) atoms. The van der Waals surface area contributed by atoms with Crippen molar-refractivity contribution in [1.82, 2.24) is 24.6 Å². The van der Waals surface area contributed by atoms with E-state index in [0.29, 0.717) is 6.10 Å². The summed E-state index contributed by atoms with van der Waals surface area (Å²) in [5.74, 6) is 0.816. The summed E-state index contributed by atoms with van der Waals surface area (Å²) in [5, 5.41) is 5.51. The Morgan fingerprint density at radius 2 is 1.84 bits per heavy atom. The van der Waals surface area contributed by atoms with Gasteiger partial charge in [-0.15, -0.1) is 0 Å². The van der Waals surface area contributed by atoms with Crippen molar-refractivity contribution in [2.45, 2.75) is 31.8 Å². The number of hydrogen-bond donors (Lipinski definition) is 0. The third-order valence-electron chi connectivity index (χ3n) is 5.88. The molecule has 1 aliphatic carbocycles. The molecule has 1 fully saturated rings. The van der Waals surface area contributed by atoms with Crippen LogP contribution in [0.4, 0.5) is 0 Å². The topological polar surface area (TPSA) is 65.2 Å². The van der Waals surface area contributed by atoms with E-state index >= 15 is 0 Å². The average Bonchev–Trinajstić information content (AvgIpc) is 3.48. The molecule has 0 atom stereocenters. The van der Waals surface area contributed by atoms with Gasteiger partial charge in [0.05, 0.1) is 31.1 Å². The molecule has 0 unspecified atom stereocenters. The van der Waals surface area contributed by atoms with E-state index in [-0.39, 0.29) is 6.17 Å². The van der Waals surface area contributed by atoms with Gasteiger partial charge >= 0.3 is 0 Å². The van der Waals surface area contributed by atoms with Crippen LogP contribution in [0.1, 0.15) is 27.1 Å². The molecular weight excluding hydrogens is 386 g/mol. The fourth-order valence-electron chi connectivity index (χ4n) is 4.30. The van der Waals surface area contributed by atoms with E-state index in [2.05, 4.69) is 15.1 Å². The molecule has 152 valence electrons. The van der Waals surface area contributed by atoms with Gasteiger partial charge in [-0.05, 0) is 55.5 Å². The summed E-state index contributed by atoms with van der Waals surface area (Å²) in [6.45, 7) is 0. The molecule has 4 aromatic heterocycles. The first kappa shape index (κ1) is 16.9. The second-order valence-corrected chi connectivity index (χ2v) is 7.89. The molecule has 0 saturated heterocycles. The van der Waals surface area contributed by atoms with Crippen LogP contribution >= 0.6 is 0 Å². The summed E-state index contributed by atoms with van der Waals surface area (Å²) in [6.07, 6.45) is 12.7. The Bertz CT molecular complexity index is 1420. The number of rotatable bonds is 4. The Morgan fingerprint density at radius 1 is 0.903 bits per heavy atom. The zero-order chi connectivity index (χ0) is 21.5. The number of aromatic nitrogens is 5. The Kier molecular flexibility index (Phi) is 4.08. The van der Waals surface area contributed by atoms with Gasteiger partial charge in [0.2, 0.25) is 0 Å². The predicted octanol–water partition coefficient (Wildman–Crippen LogP) is 5.33. The van der Waals surface area contributed by atoms with Gasteiger partial charge in [-0.3, -0.25) is 9.97 Å². The average molecular weight is 408 g/mol. The van der Waals surface area contributed by atoms with E-state index in [4.69, 9.17) is 11.1 Å². The molecule has 6 heteroatoms. The SMILES string of the molecule is [2H]c1ccc2c(-c3cnn4cc(-c5ccc(OC6CCCC6)cn5)cnc34)cccc2n1. The molecule has 5 aromatic rings. The number of hydrogen-bond acceptors (Lipinski definition) is 5. The minimum atomic E-state index is 0.254. The van der Waals surface area contributed by atoms with Crippen LogP contribution in [0.15, 0.2) is 73.4 Å². The van der Waals surface area contributed by atoms with Crippen LogP contribution in [0.2, 0.25) is 0 Å². The van der Waals surface area contributed by atoms with E-state index in [1.165, 1.54) is 12.8 Å². The highest BCUT2D eigenvalue weighted by molar-refractivity contribution is 5.97. The van der Waals surface area contributed by atoms with Crippen LogP contribution < -0.4 is 4.74 Å². The lowest BCUT2D eigenvalue weighted by Crippen LogP contribution is -2.10. The third kappa shape index (κ3) is 3.30. The summed E-state index contributed by atoms with van der Waals surface area (Å²) in [7, 11) is 0. The Balaban J connectivity index is 1.33. The second kappa shape index (κ2) is 7.47. The van der Waals surface area contributed by atoms with Gasteiger partial charge in [-0.1, -0.05) is 18.2 Å². The lowest BCUT2D eigenvalue weighted by molar-refractivity contribution is 0.209. The van der Waals surface area contributed by atoms with Gasteiger partial charge in [-0.25, -0.2) is 9.50 Å². The molecule has 0 N–H and O–H groups in total. The molecule has 6 nitrogen and oxygen atoms in total. The fourth-order valence-corrected chi connectivity index (χ4v) is 4.30. The first-order valence-corrected chi connectivity index (χ1v) is 10.6. The molecule has 1 saturated carbocycles. The van der Waals surface area contributed by atoms with Gasteiger partial charge in [0.25, 0.3) is 0 Å². The zero-order valence-electron chi connectivity index (χ0n) is 17.9.